The number of carbonyl (C=O) groups excluding carboxylic acids is 1. The molecule has 0 saturated heterocycles. The van der Waals surface area contributed by atoms with Crippen molar-refractivity contribution in [2.24, 2.45) is 5.10 Å². The summed E-state index contributed by atoms with van der Waals surface area (Å²) >= 11 is 11.7. The van der Waals surface area contributed by atoms with Crippen LogP contribution in [0.5, 0.6) is 5.75 Å². The first-order valence-electron chi connectivity index (χ1n) is 8.17. The first-order chi connectivity index (χ1) is 13.1. The highest BCUT2D eigenvalue weighted by Crippen LogP contribution is 2.18. The van der Waals surface area contributed by atoms with Crippen molar-refractivity contribution in [2.45, 2.75) is 6.61 Å². The Kier molecular flexibility index (Phi) is 6.47. The largest absolute Gasteiger partial charge is 0.488 e. The third-order valence-electron chi connectivity index (χ3n) is 3.70. The summed E-state index contributed by atoms with van der Waals surface area (Å²) in [6.07, 6.45) is 1.55. The van der Waals surface area contributed by atoms with Crippen molar-refractivity contribution in [3.8, 4) is 5.75 Å². The molecule has 0 atom stereocenters. The molecule has 3 aromatic carbocycles. The topological polar surface area (TPSA) is 50.7 Å². The van der Waals surface area contributed by atoms with Crippen LogP contribution in [0.4, 0.5) is 0 Å². The van der Waals surface area contributed by atoms with Crippen LogP contribution in [-0.4, -0.2) is 12.1 Å². The molecule has 0 aromatic heterocycles. The third kappa shape index (κ3) is 5.58. The molecular formula is C21H16Cl2N2O2. The van der Waals surface area contributed by atoms with Gasteiger partial charge in [0, 0.05) is 21.2 Å². The Morgan fingerprint density at radius 3 is 2.26 bits per heavy atom. The highest BCUT2D eigenvalue weighted by Gasteiger charge is 2.05. The summed E-state index contributed by atoms with van der Waals surface area (Å²) in [7, 11) is 0. The minimum absolute atomic E-state index is 0.317. The van der Waals surface area contributed by atoms with Crippen molar-refractivity contribution in [1.29, 1.82) is 0 Å². The van der Waals surface area contributed by atoms with Crippen molar-refractivity contribution in [2.75, 3.05) is 0 Å². The van der Waals surface area contributed by atoms with E-state index >= 15 is 0 Å². The standard InChI is InChI=1S/C21H16Cl2N2O2/c22-18-9-5-15(6-10-18)14-27-20-4-2-1-3-17(20)13-24-25-21(26)16-7-11-19(23)12-8-16/h1-13H,14H2,(H,25,26)/b24-13+. The lowest BCUT2D eigenvalue weighted by Gasteiger charge is -2.09. The minimum atomic E-state index is -0.317. The summed E-state index contributed by atoms with van der Waals surface area (Å²) < 4.78 is 5.86. The average Bonchev–Trinajstić information content (AvgIpc) is 2.69. The number of para-hydroxylation sites is 1. The molecule has 0 aliphatic rings. The molecule has 0 saturated carbocycles. The van der Waals surface area contributed by atoms with E-state index in [1.807, 2.05) is 48.5 Å². The van der Waals surface area contributed by atoms with E-state index in [2.05, 4.69) is 10.5 Å². The number of carbonyl (C=O) groups is 1. The van der Waals surface area contributed by atoms with E-state index in [0.29, 0.717) is 28.0 Å². The van der Waals surface area contributed by atoms with Crippen molar-refractivity contribution in [3.63, 3.8) is 0 Å². The van der Waals surface area contributed by atoms with Crippen LogP contribution in [0.1, 0.15) is 21.5 Å². The number of nitrogens with one attached hydrogen (secondary N) is 1. The van der Waals surface area contributed by atoms with Gasteiger partial charge in [0.25, 0.3) is 5.91 Å². The number of hydrazone groups is 1. The number of hydrogen-bond acceptors (Lipinski definition) is 3. The lowest BCUT2D eigenvalue weighted by atomic mass is 10.2. The zero-order valence-corrected chi connectivity index (χ0v) is 15.7. The number of benzene rings is 3. The van der Waals surface area contributed by atoms with Crippen LogP contribution < -0.4 is 10.2 Å². The van der Waals surface area contributed by atoms with Crippen LogP contribution in [0.3, 0.4) is 0 Å². The molecule has 0 heterocycles. The Balaban J connectivity index is 1.62. The number of rotatable bonds is 6. The maximum atomic E-state index is 12.1. The highest BCUT2D eigenvalue weighted by molar-refractivity contribution is 6.30. The van der Waals surface area contributed by atoms with Crippen LogP contribution >= 0.6 is 23.2 Å². The first kappa shape index (κ1) is 19.0. The van der Waals surface area contributed by atoms with Crippen molar-refractivity contribution < 1.29 is 9.53 Å². The van der Waals surface area contributed by atoms with Gasteiger partial charge in [-0.05, 0) is 54.1 Å². The summed E-state index contributed by atoms with van der Waals surface area (Å²) in [6.45, 7) is 0.402. The Morgan fingerprint density at radius 1 is 0.926 bits per heavy atom. The molecule has 0 radical (unpaired) electrons. The van der Waals surface area contributed by atoms with Gasteiger partial charge in [0.05, 0.1) is 6.21 Å². The van der Waals surface area contributed by atoms with E-state index in [4.69, 9.17) is 27.9 Å². The normalized spacial score (nSPS) is 10.7. The van der Waals surface area contributed by atoms with Gasteiger partial charge in [-0.3, -0.25) is 4.79 Å². The zero-order valence-electron chi connectivity index (χ0n) is 14.2. The number of nitrogens with zero attached hydrogens (tertiary/aromatic N) is 1. The van der Waals surface area contributed by atoms with Gasteiger partial charge in [-0.15, -0.1) is 0 Å². The second kappa shape index (κ2) is 9.21. The quantitative estimate of drug-likeness (QED) is 0.450. The monoisotopic (exact) mass is 398 g/mol. The molecule has 27 heavy (non-hydrogen) atoms. The van der Waals surface area contributed by atoms with Gasteiger partial charge in [0.2, 0.25) is 0 Å². The van der Waals surface area contributed by atoms with E-state index < -0.39 is 0 Å². The fourth-order valence-electron chi connectivity index (χ4n) is 2.29. The molecule has 3 rings (SSSR count). The second-order valence-electron chi connectivity index (χ2n) is 5.66. The summed E-state index contributed by atoms with van der Waals surface area (Å²) in [5, 5.41) is 5.27. The van der Waals surface area contributed by atoms with Crippen molar-refractivity contribution in [3.05, 3.63) is 99.5 Å². The van der Waals surface area contributed by atoms with E-state index in [9.17, 15) is 4.79 Å². The van der Waals surface area contributed by atoms with E-state index in [1.54, 1.807) is 30.5 Å². The average molecular weight is 399 g/mol. The summed E-state index contributed by atoms with van der Waals surface area (Å²) in [5.41, 5.74) is 4.72. The first-order valence-corrected chi connectivity index (χ1v) is 8.92. The number of ether oxygens (including phenoxy) is 1. The van der Waals surface area contributed by atoms with E-state index in [1.165, 1.54) is 0 Å². The van der Waals surface area contributed by atoms with Crippen LogP contribution in [0.2, 0.25) is 10.0 Å². The number of halogens is 2. The molecule has 136 valence electrons. The summed E-state index contributed by atoms with van der Waals surface area (Å²) in [4.78, 5) is 12.1. The molecule has 4 nitrogen and oxygen atoms in total. The van der Waals surface area contributed by atoms with Crippen LogP contribution in [0.25, 0.3) is 0 Å². The Labute approximate surface area is 167 Å². The maximum absolute atomic E-state index is 12.1. The van der Waals surface area contributed by atoms with Gasteiger partial charge >= 0.3 is 0 Å². The van der Waals surface area contributed by atoms with Crippen LogP contribution in [0, 0.1) is 0 Å². The van der Waals surface area contributed by atoms with E-state index in [0.717, 1.165) is 11.1 Å². The molecule has 0 spiro atoms. The second-order valence-corrected chi connectivity index (χ2v) is 6.53. The molecule has 0 bridgehead atoms. The van der Waals surface area contributed by atoms with E-state index in [-0.39, 0.29) is 5.91 Å². The minimum Gasteiger partial charge on any atom is -0.488 e. The summed E-state index contributed by atoms with van der Waals surface area (Å²) in [5.74, 6) is 0.347. The Morgan fingerprint density at radius 2 is 1.56 bits per heavy atom. The Hall–Kier alpha value is -2.82. The SMILES string of the molecule is O=C(N/N=C/c1ccccc1OCc1ccc(Cl)cc1)c1ccc(Cl)cc1. The molecule has 1 N–H and O–H groups in total. The molecule has 0 unspecified atom stereocenters. The lowest BCUT2D eigenvalue weighted by molar-refractivity contribution is 0.0955. The third-order valence-corrected chi connectivity index (χ3v) is 4.21. The smallest absolute Gasteiger partial charge is 0.271 e. The zero-order chi connectivity index (χ0) is 19.1. The molecule has 0 aliphatic heterocycles. The molecule has 3 aromatic rings. The predicted octanol–water partition coefficient (Wildman–Crippen LogP) is 5.34. The van der Waals surface area contributed by atoms with Gasteiger partial charge in [-0.2, -0.15) is 5.10 Å². The number of hydrogen-bond donors (Lipinski definition) is 1. The molecule has 0 fully saturated rings. The van der Waals surface area contributed by atoms with Crippen molar-refractivity contribution >= 4 is 35.3 Å². The lowest BCUT2D eigenvalue weighted by Crippen LogP contribution is -2.17. The van der Waals surface area contributed by atoms with Gasteiger partial charge in [-0.1, -0.05) is 47.5 Å². The van der Waals surface area contributed by atoms with Crippen LogP contribution in [-0.2, 0) is 6.61 Å². The maximum Gasteiger partial charge on any atom is 0.271 e. The molecule has 1 amide bonds. The molecular weight excluding hydrogens is 383 g/mol. The molecule has 0 aliphatic carbocycles. The van der Waals surface area contributed by atoms with Gasteiger partial charge in [-0.25, -0.2) is 5.43 Å². The van der Waals surface area contributed by atoms with Gasteiger partial charge in [0.15, 0.2) is 0 Å². The van der Waals surface area contributed by atoms with Gasteiger partial charge < -0.3 is 4.74 Å². The fourth-order valence-corrected chi connectivity index (χ4v) is 2.54. The number of amides is 1. The Bertz CT molecular complexity index is 939. The fraction of sp³-hybridized carbons (Fsp3) is 0.0476. The van der Waals surface area contributed by atoms with Gasteiger partial charge in [0.1, 0.15) is 12.4 Å². The highest BCUT2D eigenvalue weighted by atomic mass is 35.5. The molecule has 6 heteroatoms. The van der Waals surface area contributed by atoms with Crippen LogP contribution in [0.15, 0.2) is 77.9 Å². The predicted molar refractivity (Wildman–Crippen MR) is 109 cm³/mol. The van der Waals surface area contributed by atoms with Crippen molar-refractivity contribution in [1.82, 2.24) is 5.43 Å². The summed E-state index contributed by atoms with van der Waals surface area (Å²) in [6, 6.07) is 21.5.